The second-order valence-corrected chi connectivity index (χ2v) is 6.69. The summed E-state index contributed by atoms with van der Waals surface area (Å²) >= 11 is 0. The van der Waals surface area contributed by atoms with E-state index in [9.17, 15) is 13.2 Å². The zero-order valence-electron chi connectivity index (χ0n) is 13.0. The van der Waals surface area contributed by atoms with Gasteiger partial charge in [-0.3, -0.25) is 14.7 Å². The van der Waals surface area contributed by atoms with Crippen LogP contribution in [0.15, 0.2) is 58.8 Å². The SMILES string of the molecule is COC1=CCCC(NS(=O)(=O)c2cccc(/C=C/C(=O)NO)c2)=C1. The molecule has 24 heavy (non-hydrogen) atoms. The van der Waals surface area contributed by atoms with E-state index in [2.05, 4.69) is 4.72 Å². The molecule has 0 bridgehead atoms. The molecule has 0 aromatic heterocycles. The van der Waals surface area contributed by atoms with Crippen LogP contribution in [-0.2, 0) is 19.6 Å². The van der Waals surface area contributed by atoms with Gasteiger partial charge >= 0.3 is 0 Å². The maximum Gasteiger partial charge on any atom is 0.267 e. The van der Waals surface area contributed by atoms with Gasteiger partial charge in [0.1, 0.15) is 5.76 Å². The van der Waals surface area contributed by atoms with Gasteiger partial charge in [-0.05, 0) is 48.8 Å². The number of nitrogens with one attached hydrogen (secondary N) is 2. The van der Waals surface area contributed by atoms with Gasteiger partial charge < -0.3 is 4.74 Å². The Balaban J connectivity index is 2.21. The van der Waals surface area contributed by atoms with E-state index >= 15 is 0 Å². The molecule has 0 fully saturated rings. The summed E-state index contributed by atoms with van der Waals surface area (Å²) in [7, 11) is -2.22. The van der Waals surface area contributed by atoms with Crippen LogP contribution in [-0.4, -0.2) is 26.6 Å². The molecule has 1 aliphatic rings. The Morgan fingerprint density at radius 2 is 2.17 bits per heavy atom. The van der Waals surface area contributed by atoms with E-state index in [-0.39, 0.29) is 4.90 Å². The average molecular weight is 350 g/mol. The van der Waals surface area contributed by atoms with Crippen LogP contribution in [0.2, 0.25) is 0 Å². The van der Waals surface area contributed by atoms with Gasteiger partial charge in [0.15, 0.2) is 0 Å². The van der Waals surface area contributed by atoms with Crippen molar-refractivity contribution < 1.29 is 23.2 Å². The summed E-state index contributed by atoms with van der Waals surface area (Å²) < 4.78 is 32.6. The molecule has 0 unspecified atom stereocenters. The van der Waals surface area contributed by atoms with E-state index in [1.807, 2.05) is 6.08 Å². The van der Waals surface area contributed by atoms with E-state index in [1.165, 1.54) is 30.8 Å². The second kappa shape index (κ2) is 7.80. The van der Waals surface area contributed by atoms with Crippen molar-refractivity contribution in [3.8, 4) is 0 Å². The van der Waals surface area contributed by atoms with Crippen molar-refractivity contribution in [2.24, 2.45) is 0 Å². The molecule has 8 heteroatoms. The molecule has 2 rings (SSSR count). The lowest BCUT2D eigenvalue weighted by Gasteiger charge is -2.15. The van der Waals surface area contributed by atoms with Crippen LogP contribution in [0.1, 0.15) is 18.4 Å². The third kappa shape index (κ3) is 4.71. The van der Waals surface area contributed by atoms with Gasteiger partial charge in [0.05, 0.1) is 12.0 Å². The molecule has 0 saturated heterocycles. The number of rotatable bonds is 6. The number of carbonyl (C=O) groups excluding carboxylic acids is 1. The summed E-state index contributed by atoms with van der Waals surface area (Å²) in [5, 5.41) is 8.44. The zero-order valence-corrected chi connectivity index (χ0v) is 13.8. The number of sulfonamides is 1. The molecule has 1 aromatic carbocycles. The van der Waals surface area contributed by atoms with E-state index in [1.54, 1.807) is 18.2 Å². The van der Waals surface area contributed by atoms with Crippen LogP contribution < -0.4 is 10.2 Å². The first kappa shape index (κ1) is 17.8. The van der Waals surface area contributed by atoms with E-state index < -0.39 is 15.9 Å². The number of amides is 1. The number of ether oxygens (including phenoxy) is 1. The summed E-state index contributed by atoms with van der Waals surface area (Å²) in [5.41, 5.74) is 2.52. The fraction of sp³-hybridized carbons (Fsp3) is 0.188. The fourth-order valence-electron chi connectivity index (χ4n) is 2.12. The molecule has 128 valence electrons. The molecular formula is C16H18N2O5S. The van der Waals surface area contributed by atoms with E-state index in [4.69, 9.17) is 9.94 Å². The van der Waals surface area contributed by atoms with Crippen molar-refractivity contribution in [1.82, 2.24) is 10.2 Å². The van der Waals surface area contributed by atoms with Crippen LogP contribution in [0, 0.1) is 0 Å². The van der Waals surface area contributed by atoms with Crippen molar-refractivity contribution in [2.75, 3.05) is 7.11 Å². The van der Waals surface area contributed by atoms with Crippen LogP contribution in [0.25, 0.3) is 6.08 Å². The largest absolute Gasteiger partial charge is 0.497 e. The number of methoxy groups -OCH3 is 1. The highest BCUT2D eigenvalue weighted by Gasteiger charge is 2.17. The average Bonchev–Trinajstić information content (AvgIpc) is 2.59. The number of hydrogen-bond acceptors (Lipinski definition) is 5. The lowest BCUT2D eigenvalue weighted by Crippen LogP contribution is -2.24. The van der Waals surface area contributed by atoms with Gasteiger partial charge in [-0.1, -0.05) is 12.1 Å². The van der Waals surface area contributed by atoms with E-state index in [0.29, 0.717) is 29.9 Å². The molecule has 0 saturated carbocycles. The summed E-state index contributed by atoms with van der Waals surface area (Å²) in [6, 6.07) is 6.11. The molecule has 0 atom stereocenters. The molecule has 3 N–H and O–H groups in total. The highest BCUT2D eigenvalue weighted by molar-refractivity contribution is 7.89. The molecule has 1 amide bonds. The van der Waals surface area contributed by atoms with Crippen LogP contribution >= 0.6 is 0 Å². The summed E-state index contributed by atoms with van der Waals surface area (Å²) in [4.78, 5) is 11.1. The molecule has 0 aliphatic heterocycles. The first-order chi connectivity index (χ1) is 11.4. The summed E-state index contributed by atoms with van der Waals surface area (Å²) in [6.07, 6.45) is 7.29. The highest BCUT2D eigenvalue weighted by atomic mass is 32.2. The fourth-order valence-corrected chi connectivity index (χ4v) is 3.29. The molecule has 0 radical (unpaired) electrons. The number of hydroxylamine groups is 1. The number of carbonyl (C=O) groups is 1. The predicted octanol–water partition coefficient (Wildman–Crippen LogP) is 1.69. The smallest absolute Gasteiger partial charge is 0.267 e. The molecule has 1 aromatic rings. The van der Waals surface area contributed by atoms with Crippen molar-refractivity contribution in [1.29, 1.82) is 0 Å². The first-order valence-corrected chi connectivity index (χ1v) is 8.62. The third-order valence-electron chi connectivity index (χ3n) is 3.28. The Labute approximate surface area is 140 Å². The van der Waals surface area contributed by atoms with Crippen molar-refractivity contribution in [3.63, 3.8) is 0 Å². The van der Waals surface area contributed by atoms with Gasteiger partial charge in [-0.25, -0.2) is 13.9 Å². The standard InChI is InChI=1S/C16H18N2O5S/c1-23-14-6-3-5-13(11-14)18-24(21,22)15-7-2-4-12(10-15)8-9-16(19)17-20/h2,4,6-11,18,20H,3,5H2,1H3,(H,17,19)/b9-8+. The van der Waals surface area contributed by atoms with Gasteiger partial charge in [0.2, 0.25) is 0 Å². The van der Waals surface area contributed by atoms with Crippen molar-refractivity contribution >= 4 is 22.0 Å². The normalized spacial score (nSPS) is 14.8. The minimum atomic E-state index is -3.74. The Morgan fingerprint density at radius 3 is 2.88 bits per heavy atom. The number of benzene rings is 1. The topological polar surface area (TPSA) is 105 Å². The molecule has 1 aliphatic carbocycles. The minimum Gasteiger partial charge on any atom is -0.497 e. The lowest BCUT2D eigenvalue weighted by atomic mass is 10.1. The summed E-state index contributed by atoms with van der Waals surface area (Å²) in [5.74, 6) is -0.0849. The number of hydrogen-bond donors (Lipinski definition) is 3. The lowest BCUT2D eigenvalue weighted by molar-refractivity contribution is -0.124. The quantitative estimate of drug-likeness (QED) is 0.411. The monoisotopic (exact) mass is 350 g/mol. The summed E-state index contributed by atoms with van der Waals surface area (Å²) in [6.45, 7) is 0. The Bertz CT molecular complexity index is 810. The maximum atomic E-state index is 12.5. The highest BCUT2D eigenvalue weighted by Crippen LogP contribution is 2.19. The molecule has 7 nitrogen and oxygen atoms in total. The minimum absolute atomic E-state index is 0.0727. The maximum absolute atomic E-state index is 12.5. The zero-order chi connectivity index (χ0) is 17.6. The van der Waals surface area contributed by atoms with Gasteiger partial charge in [0, 0.05) is 11.8 Å². The second-order valence-electron chi connectivity index (χ2n) is 5.01. The molecule has 0 heterocycles. The van der Waals surface area contributed by atoms with Gasteiger partial charge in [-0.2, -0.15) is 0 Å². The van der Waals surface area contributed by atoms with Crippen molar-refractivity contribution in [2.45, 2.75) is 17.7 Å². The first-order valence-electron chi connectivity index (χ1n) is 7.14. The molecular weight excluding hydrogens is 332 g/mol. The predicted molar refractivity (Wildman–Crippen MR) is 88.1 cm³/mol. The van der Waals surface area contributed by atoms with Crippen LogP contribution in [0.4, 0.5) is 0 Å². The van der Waals surface area contributed by atoms with Gasteiger partial charge in [-0.15, -0.1) is 0 Å². The Hall–Kier alpha value is -2.58. The van der Waals surface area contributed by atoms with Crippen LogP contribution in [0.3, 0.4) is 0 Å². The Kier molecular flexibility index (Phi) is 5.78. The van der Waals surface area contributed by atoms with E-state index in [0.717, 1.165) is 6.08 Å². The molecule has 0 spiro atoms. The number of allylic oxidation sites excluding steroid dienone is 3. The Morgan fingerprint density at radius 1 is 1.38 bits per heavy atom. The van der Waals surface area contributed by atoms with Gasteiger partial charge in [0.25, 0.3) is 15.9 Å². The van der Waals surface area contributed by atoms with Crippen LogP contribution in [0.5, 0.6) is 0 Å². The van der Waals surface area contributed by atoms with Crippen molar-refractivity contribution in [3.05, 3.63) is 59.5 Å². The third-order valence-corrected chi connectivity index (χ3v) is 4.69.